The fraction of sp³-hybridized carbons (Fsp3) is 0. The smallest absolute Gasteiger partial charge is 0.321 e. The molecule has 0 saturated carbocycles. The number of aromatic nitrogens is 2. The van der Waals surface area contributed by atoms with E-state index in [0.717, 1.165) is 9.86 Å². The number of hydrogen-bond donors (Lipinski definition) is 1. The van der Waals surface area contributed by atoms with Crippen LogP contribution in [0.4, 0.5) is 5.69 Å². The fourth-order valence-electron chi connectivity index (χ4n) is 2.38. The molecule has 4 aromatic rings. The van der Waals surface area contributed by atoms with Gasteiger partial charge >= 0.3 is 6.01 Å². The SMILES string of the molecule is O=C(Nc1ccc(Oc2ncccn2)cc1)c1cc2cccc(Br)c2o1. The first-order valence-electron chi connectivity index (χ1n) is 7.73. The number of hydrogen-bond acceptors (Lipinski definition) is 5. The third-order valence-corrected chi connectivity index (χ3v) is 4.21. The van der Waals surface area contributed by atoms with Gasteiger partial charge in [-0.3, -0.25) is 4.79 Å². The zero-order valence-electron chi connectivity index (χ0n) is 13.3. The number of carbonyl (C=O) groups is 1. The van der Waals surface area contributed by atoms with Gasteiger partial charge in [-0.15, -0.1) is 0 Å². The van der Waals surface area contributed by atoms with E-state index in [-0.39, 0.29) is 17.7 Å². The van der Waals surface area contributed by atoms with Crippen molar-refractivity contribution in [2.45, 2.75) is 0 Å². The number of fused-ring (bicyclic) bond motifs is 1. The van der Waals surface area contributed by atoms with Crippen LogP contribution in [0.15, 0.2) is 75.9 Å². The molecule has 2 aromatic carbocycles. The summed E-state index contributed by atoms with van der Waals surface area (Å²) < 4.78 is 12.0. The topological polar surface area (TPSA) is 77.2 Å². The van der Waals surface area contributed by atoms with Gasteiger partial charge in [-0.2, -0.15) is 0 Å². The maximum absolute atomic E-state index is 12.4. The van der Waals surface area contributed by atoms with Crippen LogP contribution < -0.4 is 10.1 Å². The van der Waals surface area contributed by atoms with E-state index in [9.17, 15) is 4.79 Å². The van der Waals surface area contributed by atoms with E-state index in [0.29, 0.717) is 17.0 Å². The molecule has 2 aromatic heterocycles. The van der Waals surface area contributed by atoms with Crippen LogP contribution in [0.2, 0.25) is 0 Å². The van der Waals surface area contributed by atoms with Gasteiger partial charge in [-0.05, 0) is 58.4 Å². The highest BCUT2D eigenvalue weighted by Crippen LogP contribution is 2.27. The molecule has 0 aliphatic carbocycles. The van der Waals surface area contributed by atoms with Crippen molar-refractivity contribution >= 4 is 38.5 Å². The van der Waals surface area contributed by atoms with Crippen molar-refractivity contribution in [3.05, 3.63) is 77.2 Å². The van der Waals surface area contributed by atoms with Gasteiger partial charge < -0.3 is 14.5 Å². The van der Waals surface area contributed by atoms with Crippen LogP contribution in [0.5, 0.6) is 11.8 Å². The van der Waals surface area contributed by atoms with E-state index < -0.39 is 0 Å². The Hall–Kier alpha value is -3.19. The third-order valence-electron chi connectivity index (χ3n) is 3.58. The Morgan fingerprint density at radius 1 is 1.04 bits per heavy atom. The maximum atomic E-state index is 12.4. The standard InChI is InChI=1S/C19H12BrN3O3/c20-15-4-1-3-12-11-16(26-17(12)15)18(24)23-13-5-7-14(8-6-13)25-19-21-9-2-10-22-19/h1-11H,(H,23,24). The van der Waals surface area contributed by atoms with Crippen LogP contribution in [0.1, 0.15) is 10.6 Å². The van der Waals surface area contributed by atoms with Gasteiger partial charge in [-0.1, -0.05) is 12.1 Å². The molecule has 4 rings (SSSR count). The second-order valence-electron chi connectivity index (χ2n) is 5.38. The predicted octanol–water partition coefficient (Wildman–Crippen LogP) is 5.03. The highest BCUT2D eigenvalue weighted by molar-refractivity contribution is 9.10. The van der Waals surface area contributed by atoms with Gasteiger partial charge in [0.2, 0.25) is 0 Å². The largest absolute Gasteiger partial charge is 0.450 e. The van der Waals surface area contributed by atoms with Crippen molar-refractivity contribution in [3.8, 4) is 11.8 Å². The molecular formula is C19H12BrN3O3. The van der Waals surface area contributed by atoms with E-state index in [4.69, 9.17) is 9.15 Å². The number of benzene rings is 2. The van der Waals surface area contributed by atoms with Crippen molar-refractivity contribution in [1.82, 2.24) is 9.97 Å². The zero-order valence-corrected chi connectivity index (χ0v) is 14.9. The molecule has 0 bridgehead atoms. The molecule has 0 unspecified atom stereocenters. The normalized spacial score (nSPS) is 10.7. The van der Waals surface area contributed by atoms with Gasteiger partial charge in [0.25, 0.3) is 5.91 Å². The molecule has 1 N–H and O–H groups in total. The van der Waals surface area contributed by atoms with Crippen LogP contribution in [-0.2, 0) is 0 Å². The average Bonchev–Trinajstić information content (AvgIpc) is 3.10. The Labute approximate surface area is 157 Å². The van der Waals surface area contributed by atoms with E-state index >= 15 is 0 Å². The number of para-hydroxylation sites is 1. The number of amides is 1. The Kier molecular flexibility index (Phi) is 4.37. The molecule has 0 aliphatic heterocycles. The second kappa shape index (κ2) is 6.97. The number of ether oxygens (including phenoxy) is 1. The highest BCUT2D eigenvalue weighted by atomic mass is 79.9. The Morgan fingerprint density at radius 3 is 2.54 bits per heavy atom. The summed E-state index contributed by atoms with van der Waals surface area (Å²) in [5.74, 6) is 0.486. The van der Waals surface area contributed by atoms with Crippen molar-refractivity contribution in [1.29, 1.82) is 0 Å². The Balaban J connectivity index is 1.47. The zero-order chi connectivity index (χ0) is 17.9. The number of nitrogens with one attached hydrogen (secondary N) is 1. The molecular weight excluding hydrogens is 398 g/mol. The molecule has 2 heterocycles. The molecule has 0 spiro atoms. The lowest BCUT2D eigenvalue weighted by molar-refractivity contribution is 0.0998. The molecule has 128 valence electrons. The van der Waals surface area contributed by atoms with Crippen molar-refractivity contribution in [2.75, 3.05) is 5.32 Å². The first kappa shape index (κ1) is 16.3. The molecule has 1 amide bonds. The first-order chi connectivity index (χ1) is 12.7. The molecule has 7 heteroatoms. The van der Waals surface area contributed by atoms with Gasteiger partial charge in [0, 0.05) is 23.5 Å². The molecule has 26 heavy (non-hydrogen) atoms. The van der Waals surface area contributed by atoms with Crippen LogP contribution in [0, 0.1) is 0 Å². The van der Waals surface area contributed by atoms with Crippen molar-refractivity contribution in [3.63, 3.8) is 0 Å². The number of anilines is 1. The lowest BCUT2D eigenvalue weighted by atomic mass is 10.2. The number of rotatable bonds is 4. The van der Waals surface area contributed by atoms with Gasteiger partial charge in [0.15, 0.2) is 5.76 Å². The maximum Gasteiger partial charge on any atom is 0.321 e. The highest BCUT2D eigenvalue weighted by Gasteiger charge is 2.14. The number of furan rings is 1. The third kappa shape index (κ3) is 3.43. The molecule has 6 nitrogen and oxygen atoms in total. The lowest BCUT2D eigenvalue weighted by Crippen LogP contribution is -2.10. The van der Waals surface area contributed by atoms with Crippen LogP contribution in [0.25, 0.3) is 11.0 Å². The summed E-state index contributed by atoms with van der Waals surface area (Å²) in [6, 6.07) is 16.2. The second-order valence-corrected chi connectivity index (χ2v) is 6.24. The average molecular weight is 410 g/mol. The minimum absolute atomic E-state index is 0.241. The molecule has 0 saturated heterocycles. The van der Waals surface area contributed by atoms with E-state index in [1.54, 1.807) is 48.8 Å². The molecule has 0 atom stereocenters. The van der Waals surface area contributed by atoms with E-state index in [2.05, 4.69) is 31.2 Å². The van der Waals surface area contributed by atoms with Crippen molar-refractivity contribution in [2.24, 2.45) is 0 Å². The summed E-state index contributed by atoms with van der Waals surface area (Å²) in [7, 11) is 0. The van der Waals surface area contributed by atoms with Crippen LogP contribution >= 0.6 is 15.9 Å². The summed E-state index contributed by atoms with van der Waals surface area (Å²) >= 11 is 3.41. The molecule has 0 fully saturated rings. The van der Waals surface area contributed by atoms with Gasteiger partial charge in [-0.25, -0.2) is 9.97 Å². The Bertz CT molecular complexity index is 1060. The number of nitrogens with zero attached hydrogens (tertiary/aromatic N) is 2. The summed E-state index contributed by atoms with van der Waals surface area (Å²) in [5, 5.41) is 3.65. The lowest BCUT2D eigenvalue weighted by Gasteiger charge is -2.06. The fourth-order valence-corrected chi connectivity index (χ4v) is 2.84. The van der Waals surface area contributed by atoms with E-state index in [1.165, 1.54) is 0 Å². The predicted molar refractivity (Wildman–Crippen MR) is 100 cm³/mol. The van der Waals surface area contributed by atoms with Crippen molar-refractivity contribution < 1.29 is 13.9 Å². The van der Waals surface area contributed by atoms with Gasteiger partial charge in [0.1, 0.15) is 11.3 Å². The number of halogens is 1. The summed E-state index contributed by atoms with van der Waals surface area (Å²) in [6.07, 6.45) is 3.20. The summed E-state index contributed by atoms with van der Waals surface area (Å²) in [5.41, 5.74) is 1.26. The summed E-state index contributed by atoms with van der Waals surface area (Å²) in [6.45, 7) is 0. The van der Waals surface area contributed by atoms with Gasteiger partial charge in [0.05, 0.1) is 4.47 Å². The molecule has 0 radical (unpaired) electrons. The number of carbonyl (C=O) groups excluding carboxylic acids is 1. The van der Waals surface area contributed by atoms with Crippen LogP contribution in [0.3, 0.4) is 0 Å². The minimum atomic E-state index is -0.326. The van der Waals surface area contributed by atoms with Crippen LogP contribution in [-0.4, -0.2) is 15.9 Å². The Morgan fingerprint density at radius 2 is 1.81 bits per heavy atom. The summed E-state index contributed by atoms with van der Waals surface area (Å²) in [4.78, 5) is 20.4. The molecule has 0 aliphatic rings. The van der Waals surface area contributed by atoms with E-state index in [1.807, 2.05) is 18.2 Å². The minimum Gasteiger partial charge on any atom is -0.450 e. The first-order valence-corrected chi connectivity index (χ1v) is 8.53. The quantitative estimate of drug-likeness (QED) is 0.511. The monoisotopic (exact) mass is 409 g/mol.